The van der Waals surface area contributed by atoms with E-state index in [9.17, 15) is 9.90 Å². The number of benzene rings is 3. The standard InChI is InChI=1S/C23H24N2O3/c26-22-14-18-6-2-1-5-17(18)13-21(22)23(27)24-15-19-7-3-4-8-20(19)16-25-9-11-28-12-10-25/h1-8,13-14,26H,9-12,15-16H2,(H,24,27). The number of nitrogens with zero attached hydrogens (tertiary/aromatic N) is 1. The highest BCUT2D eigenvalue weighted by atomic mass is 16.5. The number of carbonyl (C=O) groups excluding carboxylic acids is 1. The maximum absolute atomic E-state index is 12.7. The molecule has 144 valence electrons. The van der Waals surface area contributed by atoms with Crippen LogP contribution in [0.4, 0.5) is 0 Å². The van der Waals surface area contributed by atoms with Crippen LogP contribution in [0.2, 0.25) is 0 Å². The second-order valence-corrected chi connectivity index (χ2v) is 7.06. The first-order valence-corrected chi connectivity index (χ1v) is 9.57. The number of fused-ring (bicyclic) bond motifs is 1. The van der Waals surface area contributed by atoms with Crippen molar-refractivity contribution in [3.8, 4) is 5.75 Å². The molecule has 4 rings (SSSR count). The Labute approximate surface area is 164 Å². The summed E-state index contributed by atoms with van der Waals surface area (Å²) in [4.78, 5) is 15.0. The zero-order valence-electron chi connectivity index (χ0n) is 15.7. The van der Waals surface area contributed by atoms with Gasteiger partial charge in [0.15, 0.2) is 0 Å². The third-order valence-corrected chi connectivity index (χ3v) is 5.16. The number of hydrogen-bond acceptors (Lipinski definition) is 4. The van der Waals surface area contributed by atoms with Gasteiger partial charge in [-0.05, 0) is 34.0 Å². The molecule has 0 spiro atoms. The van der Waals surface area contributed by atoms with E-state index in [2.05, 4.69) is 16.3 Å². The van der Waals surface area contributed by atoms with Crippen molar-refractivity contribution < 1.29 is 14.6 Å². The van der Waals surface area contributed by atoms with Gasteiger partial charge in [-0.1, -0.05) is 48.5 Å². The largest absolute Gasteiger partial charge is 0.507 e. The van der Waals surface area contributed by atoms with Crippen LogP contribution in [0.3, 0.4) is 0 Å². The fraction of sp³-hybridized carbons (Fsp3) is 0.261. The quantitative estimate of drug-likeness (QED) is 0.717. The van der Waals surface area contributed by atoms with E-state index in [1.54, 1.807) is 12.1 Å². The Morgan fingerprint density at radius 3 is 2.36 bits per heavy atom. The summed E-state index contributed by atoms with van der Waals surface area (Å²) >= 11 is 0. The molecule has 0 saturated carbocycles. The number of phenols is 1. The monoisotopic (exact) mass is 376 g/mol. The maximum Gasteiger partial charge on any atom is 0.255 e. The number of rotatable bonds is 5. The second-order valence-electron chi connectivity index (χ2n) is 7.06. The molecule has 2 N–H and O–H groups in total. The molecular formula is C23H24N2O3. The van der Waals surface area contributed by atoms with E-state index >= 15 is 0 Å². The van der Waals surface area contributed by atoms with Crippen molar-refractivity contribution in [2.45, 2.75) is 13.1 Å². The Morgan fingerprint density at radius 2 is 1.61 bits per heavy atom. The first kappa shape index (κ1) is 18.5. The van der Waals surface area contributed by atoms with Crippen molar-refractivity contribution >= 4 is 16.7 Å². The smallest absolute Gasteiger partial charge is 0.255 e. The van der Waals surface area contributed by atoms with Crippen LogP contribution in [0.15, 0.2) is 60.7 Å². The molecule has 0 aromatic heterocycles. The van der Waals surface area contributed by atoms with E-state index in [0.717, 1.165) is 49.2 Å². The van der Waals surface area contributed by atoms with E-state index in [-0.39, 0.29) is 11.7 Å². The van der Waals surface area contributed by atoms with Gasteiger partial charge in [0.25, 0.3) is 5.91 Å². The third kappa shape index (κ3) is 4.16. The molecule has 1 aliphatic heterocycles. The summed E-state index contributed by atoms with van der Waals surface area (Å²) < 4.78 is 5.41. The van der Waals surface area contributed by atoms with Crippen LogP contribution in [-0.4, -0.2) is 42.2 Å². The molecule has 1 saturated heterocycles. The molecule has 0 unspecified atom stereocenters. The van der Waals surface area contributed by atoms with Gasteiger partial charge < -0.3 is 15.2 Å². The van der Waals surface area contributed by atoms with E-state index in [1.807, 2.05) is 42.5 Å². The Balaban J connectivity index is 1.47. The number of aromatic hydroxyl groups is 1. The highest BCUT2D eigenvalue weighted by Crippen LogP contribution is 2.25. The van der Waals surface area contributed by atoms with Crippen LogP contribution in [-0.2, 0) is 17.8 Å². The van der Waals surface area contributed by atoms with Crippen LogP contribution in [0, 0.1) is 0 Å². The lowest BCUT2D eigenvalue weighted by atomic mass is 10.0. The predicted molar refractivity (Wildman–Crippen MR) is 109 cm³/mol. The lowest BCUT2D eigenvalue weighted by Gasteiger charge is -2.27. The number of nitrogens with one attached hydrogen (secondary N) is 1. The van der Waals surface area contributed by atoms with Crippen molar-refractivity contribution in [2.75, 3.05) is 26.3 Å². The van der Waals surface area contributed by atoms with Gasteiger partial charge in [-0.3, -0.25) is 9.69 Å². The van der Waals surface area contributed by atoms with Crippen molar-refractivity contribution in [1.82, 2.24) is 10.2 Å². The average Bonchev–Trinajstić information content (AvgIpc) is 2.73. The van der Waals surface area contributed by atoms with Crippen molar-refractivity contribution in [2.24, 2.45) is 0 Å². The fourth-order valence-corrected chi connectivity index (χ4v) is 3.57. The maximum atomic E-state index is 12.7. The van der Waals surface area contributed by atoms with Gasteiger partial charge >= 0.3 is 0 Å². The molecule has 0 bridgehead atoms. The third-order valence-electron chi connectivity index (χ3n) is 5.16. The molecule has 1 fully saturated rings. The van der Waals surface area contributed by atoms with E-state index < -0.39 is 0 Å². The van der Waals surface area contributed by atoms with Crippen LogP contribution >= 0.6 is 0 Å². The first-order valence-electron chi connectivity index (χ1n) is 9.57. The summed E-state index contributed by atoms with van der Waals surface area (Å²) in [6.45, 7) is 4.64. The van der Waals surface area contributed by atoms with Gasteiger partial charge in [0.1, 0.15) is 5.75 Å². The second kappa shape index (κ2) is 8.42. The average molecular weight is 376 g/mol. The lowest BCUT2D eigenvalue weighted by Crippen LogP contribution is -2.36. The van der Waals surface area contributed by atoms with E-state index in [4.69, 9.17) is 4.74 Å². The van der Waals surface area contributed by atoms with Crippen LogP contribution < -0.4 is 5.32 Å². The Kier molecular flexibility index (Phi) is 5.55. The molecule has 3 aromatic rings. The number of hydrogen-bond donors (Lipinski definition) is 2. The SMILES string of the molecule is O=C(NCc1ccccc1CN1CCOCC1)c1cc2ccccc2cc1O. The zero-order chi connectivity index (χ0) is 19.3. The van der Waals surface area contributed by atoms with E-state index in [0.29, 0.717) is 12.1 Å². The minimum atomic E-state index is -0.274. The molecule has 1 heterocycles. The van der Waals surface area contributed by atoms with Crippen LogP contribution in [0.5, 0.6) is 5.75 Å². The normalized spacial score (nSPS) is 14.9. The Morgan fingerprint density at radius 1 is 0.964 bits per heavy atom. The summed E-state index contributed by atoms with van der Waals surface area (Å²) in [5, 5.41) is 15.1. The molecular weight excluding hydrogens is 352 g/mol. The molecule has 1 aliphatic rings. The number of carbonyl (C=O) groups is 1. The number of phenolic OH excluding ortho intramolecular Hbond substituents is 1. The van der Waals surface area contributed by atoms with Crippen LogP contribution in [0.25, 0.3) is 10.8 Å². The van der Waals surface area contributed by atoms with Crippen molar-refractivity contribution in [3.63, 3.8) is 0 Å². The fourth-order valence-electron chi connectivity index (χ4n) is 3.57. The minimum absolute atomic E-state index is 0.00204. The Bertz CT molecular complexity index is 980. The van der Waals surface area contributed by atoms with Gasteiger partial charge in [-0.2, -0.15) is 0 Å². The van der Waals surface area contributed by atoms with Gasteiger partial charge in [-0.25, -0.2) is 0 Å². The molecule has 0 atom stereocenters. The van der Waals surface area contributed by atoms with Gasteiger partial charge in [0.2, 0.25) is 0 Å². The molecule has 3 aromatic carbocycles. The van der Waals surface area contributed by atoms with Crippen molar-refractivity contribution in [1.29, 1.82) is 0 Å². The van der Waals surface area contributed by atoms with Gasteiger partial charge in [-0.15, -0.1) is 0 Å². The summed E-state index contributed by atoms with van der Waals surface area (Å²) in [5.41, 5.74) is 2.58. The number of morpholine rings is 1. The first-order chi connectivity index (χ1) is 13.7. The lowest BCUT2D eigenvalue weighted by molar-refractivity contribution is 0.0340. The molecule has 0 aliphatic carbocycles. The summed E-state index contributed by atoms with van der Waals surface area (Å²) in [7, 11) is 0. The Hall–Kier alpha value is -2.89. The number of ether oxygens (including phenoxy) is 1. The number of amides is 1. The summed E-state index contributed by atoms with van der Waals surface area (Å²) in [5.74, 6) is -0.276. The van der Waals surface area contributed by atoms with E-state index in [1.165, 1.54) is 5.56 Å². The van der Waals surface area contributed by atoms with Gasteiger partial charge in [0.05, 0.1) is 18.8 Å². The molecule has 5 nitrogen and oxygen atoms in total. The minimum Gasteiger partial charge on any atom is -0.507 e. The molecule has 28 heavy (non-hydrogen) atoms. The molecule has 5 heteroatoms. The topological polar surface area (TPSA) is 61.8 Å². The highest BCUT2D eigenvalue weighted by molar-refractivity contribution is 6.01. The van der Waals surface area contributed by atoms with Crippen LogP contribution in [0.1, 0.15) is 21.5 Å². The summed E-state index contributed by atoms with van der Waals surface area (Å²) in [6.07, 6.45) is 0. The summed E-state index contributed by atoms with van der Waals surface area (Å²) in [6, 6.07) is 19.2. The van der Waals surface area contributed by atoms with Gasteiger partial charge in [0, 0.05) is 26.2 Å². The van der Waals surface area contributed by atoms with Crippen molar-refractivity contribution in [3.05, 3.63) is 77.4 Å². The zero-order valence-corrected chi connectivity index (χ0v) is 15.7. The molecule has 1 amide bonds. The molecule has 0 radical (unpaired) electrons. The predicted octanol–water partition coefficient (Wildman–Crippen LogP) is 3.31. The highest BCUT2D eigenvalue weighted by Gasteiger charge is 2.15.